The molecule has 1 aromatic rings. The third-order valence-electron chi connectivity index (χ3n) is 5.32. The molecule has 0 aromatic heterocycles. The third-order valence-corrected chi connectivity index (χ3v) is 6.63. The average molecular weight is 476 g/mol. The maximum Gasteiger partial charge on any atom is 0.255 e. The summed E-state index contributed by atoms with van der Waals surface area (Å²) in [6.07, 6.45) is 3.46. The lowest BCUT2D eigenvalue weighted by Gasteiger charge is -2.36. The zero-order valence-electron chi connectivity index (χ0n) is 16.2. The molecule has 1 aromatic carbocycles. The van der Waals surface area contributed by atoms with E-state index in [1.54, 1.807) is 6.07 Å². The Morgan fingerprint density at radius 2 is 2.14 bits per heavy atom. The fraction of sp³-hybridized carbons (Fsp3) is 0.650. The Morgan fingerprint density at radius 3 is 2.86 bits per heavy atom. The van der Waals surface area contributed by atoms with Gasteiger partial charge in [0.25, 0.3) is 5.91 Å². The molecule has 3 rings (SSSR count). The number of hydrogen-bond donors (Lipinski definition) is 2. The lowest BCUT2D eigenvalue weighted by Crippen LogP contribution is -2.47. The van der Waals surface area contributed by atoms with Crippen LogP contribution in [0.5, 0.6) is 11.5 Å². The van der Waals surface area contributed by atoms with Crippen LogP contribution in [0.2, 0.25) is 5.02 Å². The van der Waals surface area contributed by atoms with E-state index < -0.39 is 6.10 Å². The van der Waals surface area contributed by atoms with Gasteiger partial charge in [0.05, 0.1) is 34.4 Å². The monoisotopic (exact) mass is 474 g/mol. The zero-order chi connectivity index (χ0) is 20.1. The summed E-state index contributed by atoms with van der Waals surface area (Å²) >= 11 is 9.68. The number of amides is 1. The second-order valence-electron chi connectivity index (χ2n) is 7.41. The van der Waals surface area contributed by atoms with Gasteiger partial charge in [-0.05, 0) is 47.9 Å². The summed E-state index contributed by atoms with van der Waals surface area (Å²) < 4.78 is 12.1. The van der Waals surface area contributed by atoms with Gasteiger partial charge < -0.3 is 24.8 Å². The first-order valence-corrected chi connectivity index (χ1v) is 11.1. The summed E-state index contributed by atoms with van der Waals surface area (Å²) in [5, 5.41) is 13.8. The van der Waals surface area contributed by atoms with E-state index in [2.05, 4.69) is 33.1 Å². The van der Waals surface area contributed by atoms with Crippen LogP contribution in [0.15, 0.2) is 10.5 Å². The number of fused-ring (bicyclic) bond motifs is 1. The number of carbonyl (C=O) groups excluding carboxylic acids is 1. The molecule has 2 heterocycles. The van der Waals surface area contributed by atoms with Crippen molar-refractivity contribution in [2.24, 2.45) is 5.92 Å². The van der Waals surface area contributed by atoms with Crippen molar-refractivity contribution in [2.75, 3.05) is 39.4 Å². The van der Waals surface area contributed by atoms with Crippen molar-refractivity contribution < 1.29 is 19.4 Å². The van der Waals surface area contributed by atoms with Gasteiger partial charge in [-0.2, -0.15) is 0 Å². The first kappa shape index (κ1) is 21.7. The van der Waals surface area contributed by atoms with E-state index in [1.807, 2.05) is 0 Å². The largest absolute Gasteiger partial charge is 0.489 e. The molecular weight excluding hydrogens is 448 g/mol. The number of β-amino-alcohol motifs (C(OH)–C–C–N with tert-alkyl or cyclic N) is 1. The van der Waals surface area contributed by atoms with E-state index in [0.29, 0.717) is 52.9 Å². The highest BCUT2D eigenvalue weighted by atomic mass is 79.9. The van der Waals surface area contributed by atoms with Gasteiger partial charge in [-0.1, -0.05) is 24.9 Å². The number of nitrogens with one attached hydrogen (secondary N) is 1. The smallest absolute Gasteiger partial charge is 0.255 e. The van der Waals surface area contributed by atoms with Gasteiger partial charge in [0.1, 0.15) is 0 Å². The zero-order valence-corrected chi connectivity index (χ0v) is 18.5. The van der Waals surface area contributed by atoms with Crippen molar-refractivity contribution >= 4 is 33.4 Å². The van der Waals surface area contributed by atoms with Crippen LogP contribution >= 0.6 is 27.5 Å². The number of nitrogens with zero attached hydrogens (tertiary/aromatic N) is 1. The van der Waals surface area contributed by atoms with Crippen LogP contribution in [0.3, 0.4) is 0 Å². The number of halogens is 2. The topological polar surface area (TPSA) is 71.0 Å². The summed E-state index contributed by atoms with van der Waals surface area (Å²) in [6.45, 7) is 6.22. The maximum atomic E-state index is 12.8. The van der Waals surface area contributed by atoms with E-state index >= 15 is 0 Å². The summed E-state index contributed by atoms with van der Waals surface area (Å²) in [7, 11) is 0. The van der Waals surface area contributed by atoms with Crippen LogP contribution in [-0.2, 0) is 0 Å². The SMILES string of the molecule is CCCCN1CC[C@@H](CNC(=O)c2cc(Cl)c(Br)c3c2OCCCO3)C(O)C1. The van der Waals surface area contributed by atoms with E-state index in [4.69, 9.17) is 21.1 Å². The molecule has 0 spiro atoms. The number of hydrogen-bond acceptors (Lipinski definition) is 5. The van der Waals surface area contributed by atoms with Gasteiger partial charge in [-0.25, -0.2) is 0 Å². The van der Waals surface area contributed by atoms with Gasteiger partial charge in [0.2, 0.25) is 0 Å². The number of carbonyl (C=O) groups is 1. The molecule has 1 unspecified atom stereocenters. The second-order valence-corrected chi connectivity index (χ2v) is 8.61. The lowest BCUT2D eigenvalue weighted by atomic mass is 9.93. The Morgan fingerprint density at radius 1 is 1.39 bits per heavy atom. The van der Waals surface area contributed by atoms with Gasteiger partial charge in [-0.15, -0.1) is 0 Å². The molecule has 28 heavy (non-hydrogen) atoms. The standard InChI is InChI=1S/C20H28BrClN2O4/c1-2-3-6-24-7-5-13(16(25)12-24)11-23-20(26)14-10-15(22)17(21)19-18(14)27-8-4-9-28-19/h10,13,16,25H,2-9,11-12H2,1H3,(H,23,26)/t13-,16?/m0/s1. The van der Waals surface area contributed by atoms with E-state index in [0.717, 1.165) is 38.8 Å². The van der Waals surface area contributed by atoms with Crippen LogP contribution in [0.1, 0.15) is 43.0 Å². The average Bonchev–Trinajstić information content (AvgIpc) is 2.94. The number of piperidine rings is 1. The van der Waals surface area contributed by atoms with Crippen molar-refractivity contribution in [1.82, 2.24) is 10.2 Å². The minimum absolute atomic E-state index is 0.0449. The summed E-state index contributed by atoms with van der Waals surface area (Å²) in [6, 6.07) is 1.60. The predicted molar refractivity (Wildman–Crippen MR) is 113 cm³/mol. The fourth-order valence-electron chi connectivity index (χ4n) is 3.62. The number of unbranched alkanes of at least 4 members (excludes halogenated alkanes) is 1. The molecule has 1 saturated heterocycles. The van der Waals surface area contributed by atoms with E-state index in [9.17, 15) is 9.90 Å². The van der Waals surface area contributed by atoms with Gasteiger partial charge >= 0.3 is 0 Å². The van der Waals surface area contributed by atoms with E-state index in [-0.39, 0.29) is 11.8 Å². The molecule has 0 aliphatic carbocycles. The molecule has 1 amide bonds. The minimum Gasteiger partial charge on any atom is -0.489 e. The number of benzene rings is 1. The van der Waals surface area contributed by atoms with Crippen molar-refractivity contribution in [2.45, 2.75) is 38.7 Å². The normalized spacial score (nSPS) is 22.6. The molecule has 6 nitrogen and oxygen atoms in total. The molecule has 8 heteroatoms. The van der Waals surface area contributed by atoms with Gasteiger partial charge in [-0.3, -0.25) is 4.79 Å². The van der Waals surface area contributed by atoms with Crippen LogP contribution in [-0.4, -0.2) is 61.4 Å². The number of likely N-dealkylation sites (tertiary alicyclic amines) is 1. The third kappa shape index (κ3) is 5.12. The molecule has 2 N–H and O–H groups in total. The van der Waals surface area contributed by atoms with E-state index in [1.165, 1.54) is 0 Å². The Bertz CT molecular complexity index is 703. The molecule has 2 atom stereocenters. The van der Waals surface area contributed by atoms with Crippen LogP contribution < -0.4 is 14.8 Å². The first-order chi connectivity index (χ1) is 13.5. The molecule has 0 bridgehead atoms. The minimum atomic E-state index is -0.434. The fourth-order valence-corrected chi connectivity index (χ4v) is 4.23. The molecule has 156 valence electrons. The quantitative estimate of drug-likeness (QED) is 0.659. The number of rotatable bonds is 6. The predicted octanol–water partition coefficient (Wildman–Crippen LogP) is 3.48. The summed E-state index contributed by atoms with van der Waals surface area (Å²) in [5.74, 6) is 0.668. The van der Waals surface area contributed by atoms with Gasteiger partial charge in [0, 0.05) is 25.4 Å². The maximum absolute atomic E-state index is 12.8. The molecular formula is C20H28BrClN2O4. The second kappa shape index (κ2) is 10.1. The van der Waals surface area contributed by atoms with Crippen molar-refractivity contribution in [3.8, 4) is 11.5 Å². The number of aliphatic hydroxyl groups excluding tert-OH is 1. The van der Waals surface area contributed by atoms with Gasteiger partial charge in [0.15, 0.2) is 11.5 Å². The highest BCUT2D eigenvalue weighted by Gasteiger charge is 2.29. The number of ether oxygens (including phenoxy) is 2. The first-order valence-electron chi connectivity index (χ1n) is 9.97. The van der Waals surface area contributed by atoms with Crippen molar-refractivity contribution in [1.29, 1.82) is 0 Å². The molecule has 0 radical (unpaired) electrons. The summed E-state index contributed by atoms with van der Waals surface area (Å²) in [4.78, 5) is 15.1. The lowest BCUT2D eigenvalue weighted by molar-refractivity contribution is 0.0217. The highest BCUT2D eigenvalue weighted by Crippen LogP contribution is 2.44. The molecule has 0 saturated carbocycles. The van der Waals surface area contributed by atoms with Crippen LogP contribution in [0.4, 0.5) is 0 Å². The Hall–Kier alpha value is -1.02. The molecule has 2 aliphatic rings. The Balaban J connectivity index is 1.63. The number of aliphatic hydroxyl groups is 1. The Labute approximate surface area is 179 Å². The van der Waals surface area contributed by atoms with Crippen LogP contribution in [0, 0.1) is 5.92 Å². The Kier molecular flexibility index (Phi) is 7.85. The van der Waals surface area contributed by atoms with Crippen molar-refractivity contribution in [3.63, 3.8) is 0 Å². The van der Waals surface area contributed by atoms with Crippen LogP contribution in [0.25, 0.3) is 0 Å². The molecule has 1 fully saturated rings. The molecule has 2 aliphatic heterocycles. The summed E-state index contributed by atoms with van der Waals surface area (Å²) in [5.41, 5.74) is 0.361. The highest BCUT2D eigenvalue weighted by molar-refractivity contribution is 9.10. The van der Waals surface area contributed by atoms with Crippen molar-refractivity contribution in [3.05, 3.63) is 21.1 Å².